The van der Waals surface area contributed by atoms with E-state index < -0.39 is 5.97 Å². The summed E-state index contributed by atoms with van der Waals surface area (Å²) in [6, 6.07) is 17.3. The molecule has 1 N–H and O–H groups in total. The van der Waals surface area contributed by atoms with Crippen LogP contribution in [-0.4, -0.2) is 17.7 Å². The second-order valence-electron chi connectivity index (χ2n) is 6.85. The van der Waals surface area contributed by atoms with E-state index in [2.05, 4.69) is 10.2 Å². The van der Waals surface area contributed by atoms with Gasteiger partial charge >= 0.3 is 5.97 Å². The van der Waals surface area contributed by atoms with Gasteiger partial charge in [0.2, 0.25) is 0 Å². The topological polar surface area (TPSA) is 71.2 Å². The van der Waals surface area contributed by atoms with Crippen LogP contribution in [-0.2, 0) is 4.79 Å². The number of carboxylic acid groups (broad SMARTS) is 1. The van der Waals surface area contributed by atoms with Crippen LogP contribution in [0.25, 0.3) is 0 Å². The fourth-order valence-electron chi connectivity index (χ4n) is 2.85. The number of hydrogen-bond acceptors (Lipinski definition) is 4. The summed E-state index contributed by atoms with van der Waals surface area (Å²) in [4.78, 5) is 10.4. The SMILES string of the molecule is O=C(O)CCCCCCCCCCOc1ccc(/N=N/c2ccccc2)cc1. The molecule has 0 saturated heterocycles. The van der Waals surface area contributed by atoms with Crippen LogP contribution in [0.3, 0.4) is 0 Å². The maximum Gasteiger partial charge on any atom is 0.303 e. The lowest BCUT2D eigenvalue weighted by Gasteiger charge is -2.06. The Balaban J connectivity index is 1.50. The van der Waals surface area contributed by atoms with Crippen LogP contribution in [0.2, 0.25) is 0 Å². The summed E-state index contributed by atoms with van der Waals surface area (Å²) >= 11 is 0. The Morgan fingerprint density at radius 1 is 0.714 bits per heavy atom. The van der Waals surface area contributed by atoms with E-state index in [4.69, 9.17) is 9.84 Å². The number of benzene rings is 2. The molecule has 0 bridgehead atoms. The molecular weight excluding hydrogens is 352 g/mol. The van der Waals surface area contributed by atoms with Gasteiger partial charge in [-0.1, -0.05) is 56.7 Å². The molecule has 0 amide bonds. The highest BCUT2D eigenvalue weighted by atomic mass is 16.5. The van der Waals surface area contributed by atoms with Gasteiger partial charge in [0.05, 0.1) is 18.0 Å². The van der Waals surface area contributed by atoms with Crippen molar-refractivity contribution in [3.8, 4) is 5.75 Å². The number of rotatable bonds is 14. The first kappa shape index (κ1) is 21.6. The Labute approximate surface area is 167 Å². The van der Waals surface area contributed by atoms with Gasteiger partial charge in [0.15, 0.2) is 0 Å². The first-order chi connectivity index (χ1) is 13.7. The molecule has 0 fully saturated rings. The van der Waals surface area contributed by atoms with E-state index in [1.54, 1.807) is 0 Å². The largest absolute Gasteiger partial charge is 0.494 e. The highest BCUT2D eigenvalue weighted by Gasteiger charge is 1.98. The number of carbonyl (C=O) groups is 1. The van der Waals surface area contributed by atoms with Gasteiger partial charge in [-0.2, -0.15) is 10.2 Å². The number of nitrogens with zero attached hydrogens (tertiary/aromatic N) is 2. The highest BCUT2D eigenvalue weighted by molar-refractivity contribution is 5.66. The Hall–Kier alpha value is -2.69. The molecule has 0 aliphatic rings. The van der Waals surface area contributed by atoms with E-state index in [1.807, 2.05) is 54.6 Å². The van der Waals surface area contributed by atoms with Gasteiger partial charge in [-0.15, -0.1) is 0 Å². The van der Waals surface area contributed by atoms with Crippen LogP contribution < -0.4 is 4.74 Å². The maximum absolute atomic E-state index is 10.4. The zero-order valence-electron chi connectivity index (χ0n) is 16.4. The monoisotopic (exact) mass is 382 g/mol. The molecule has 0 aliphatic heterocycles. The fourth-order valence-corrected chi connectivity index (χ4v) is 2.85. The van der Waals surface area contributed by atoms with Crippen molar-refractivity contribution in [3.05, 3.63) is 54.6 Å². The molecule has 0 radical (unpaired) electrons. The quantitative estimate of drug-likeness (QED) is 0.280. The number of carboxylic acids is 1. The summed E-state index contributed by atoms with van der Waals surface area (Å²) in [5.41, 5.74) is 1.64. The number of ether oxygens (including phenoxy) is 1. The third-order valence-electron chi connectivity index (χ3n) is 4.43. The van der Waals surface area contributed by atoms with E-state index in [-0.39, 0.29) is 0 Å². The normalized spacial score (nSPS) is 11.0. The number of hydrogen-bond donors (Lipinski definition) is 1. The molecule has 2 aromatic carbocycles. The summed E-state index contributed by atoms with van der Waals surface area (Å²) in [6.45, 7) is 0.726. The van der Waals surface area contributed by atoms with Crippen molar-refractivity contribution < 1.29 is 14.6 Å². The average molecular weight is 383 g/mol. The molecule has 0 spiro atoms. The zero-order valence-corrected chi connectivity index (χ0v) is 16.4. The molecule has 2 aromatic rings. The summed E-state index contributed by atoms with van der Waals surface area (Å²) in [5.74, 6) is 0.170. The van der Waals surface area contributed by atoms with Crippen molar-refractivity contribution in [2.75, 3.05) is 6.61 Å². The van der Waals surface area contributed by atoms with Gasteiger partial charge in [0.1, 0.15) is 5.75 Å². The van der Waals surface area contributed by atoms with Crippen molar-refractivity contribution in [3.63, 3.8) is 0 Å². The second-order valence-corrected chi connectivity index (χ2v) is 6.85. The Kier molecular flexibility index (Phi) is 10.4. The Morgan fingerprint density at radius 3 is 1.86 bits per heavy atom. The van der Waals surface area contributed by atoms with Gasteiger partial charge in [-0.25, -0.2) is 0 Å². The van der Waals surface area contributed by atoms with Crippen molar-refractivity contribution >= 4 is 17.3 Å². The minimum atomic E-state index is -0.689. The predicted molar refractivity (Wildman–Crippen MR) is 112 cm³/mol. The molecule has 0 aliphatic carbocycles. The lowest BCUT2D eigenvalue weighted by atomic mass is 10.1. The van der Waals surface area contributed by atoms with Crippen LogP contribution in [0.5, 0.6) is 5.75 Å². The third kappa shape index (κ3) is 9.86. The van der Waals surface area contributed by atoms with Crippen LogP contribution in [0.1, 0.15) is 57.8 Å². The van der Waals surface area contributed by atoms with Gasteiger partial charge in [-0.05, 0) is 49.2 Å². The number of unbranched alkanes of at least 4 members (excludes halogenated alkanes) is 7. The van der Waals surface area contributed by atoms with Crippen molar-refractivity contribution in [2.45, 2.75) is 57.8 Å². The van der Waals surface area contributed by atoms with Gasteiger partial charge in [0.25, 0.3) is 0 Å². The van der Waals surface area contributed by atoms with Gasteiger partial charge in [-0.3, -0.25) is 4.79 Å². The third-order valence-corrected chi connectivity index (χ3v) is 4.43. The van der Waals surface area contributed by atoms with Gasteiger partial charge in [0, 0.05) is 6.42 Å². The first-order valence-electron chi connectivity index (χ1n) is 10.2. The molecule has 28 heavy (non-hydrogen) atoms. The maximum atomic E-state index is 10.4. The minimum absolute atomic E-state index is 0.300. The van der Waals surface area contributed by atoms with E-state index in [1.165, 1.54) is 25.7 Å². The Bertz CT molecular complexity index is 700. The molecule has 0 saturated carbocycles. The predicted octanol–water partition coefficient (Wildman–Crippen LogP) is 7.08. The zero-order chi connectivity index (χ0) is 19.9. The van der Waals surface area contributed by atoms with E-state index >= 15 is 0 Å². The van der Waals surface area contributed by atoms with E-state index in [9.17, 15) is 4.79 Å². The summed E-state index contributed by atoms with van der Waals surface area (Å²) in [7, 11) is 0. The van der Waals surface area contributed by atoms with Crippen LogP contribution >= 0.6 is 0 Å². The molecule has 0 aromatic heterocycles. The molecule has 0 unspecified atom stereocenters. The molecule has 0 atom stereocenters. The fraction of sp³-hybridized carbons (Fsp3) is 0.435. The first-order valence-corrected chi connectivity index (χ1v) is 10.2. The smallest absolute Gasteiger partial charge is 0.303 e. The number of azo groups is 1. The molecule has 5 nitrogen and oxygen atoms in total. The average Bonchev–Trinajstić information content (AvgIpc) is 2.72. The van der Waals surface area contributed by atoms with Crippen molar-refractivity contribution in [2.24, 2.45) is 10.2 Å². The molecule has 0 heterocycles. The summed E-state index contributed by atoms with van der Waals surface area (Å²) < 4.78 is 5.78. The lowest BCUT2D eigenvalue weighted by molar-refractivity contribution is -0.137. The van der Waals surface area contributed by atoms with Gasteiger partial charge < -0.3 is 9.84 Å². The second kappa shape index (κ2) is 13.5. The molecule has 150 valence electrons. The molecule has 2 rings (SSSR count). The Morgan fingerprint density at radius 2 is 1.25 bits per heavy atom. The van der Waals surface area contributed by atoms with E-state index in [0.717, 1.165) is 49.4 Å². The highest BCUT2D eigenvalue weighted by Crippen LogP contribution is 2.21. The minimum Gasteiger partial charge on any atom is -0.494 e. The van der Waals surface area contributed by atoms with Crippen molar-refractivity contribution in [1.82, 2.24) is 0 Å². The van der Waals surface area contributed by atoms with Crippen molar-refractivity contribution in [1.29, 1.82) is 0 Å². The number of aliphatic carboxylic acids is 1. The van der Waals surface area contributed by atoms with Crippen LogP contribution in [0, 0.1) is 0 Å². The summed E-state index contributed by atoms with van der Waals surface area (Å²) in [6.07, 6.45) is 9.10. The van der Waals surface area contributed by atoms with Crippen LogP contribution in [0.15, 0.2) is 64.8 Å². The molecular formula is C23H30N2O3. The summed E-state index contributed by atoms with van der Waals surface area (Å²) in [5, 5.41) is 17.0. The standard InChI is InChI=1S/C23H30N2O3/c26-23(27)14-10-5-3-1-2-4-6-11-19-28-22-17-15-21(16-18-22)25-24-20-12-8-7-9-13-20/h7-9,12-13,15-18H,1-6,10-11,14,19H2,(H,26,27)/b25-24+. The lowest BCUT2D eigenvalue weighted by Crippen LogP contribution is -1.97. The molecule has 5 heteroatoms. The van der Waals surface area contributed by atoms with Crippen LogP contribution in [0.4, 0.5) is 11.4 Å². The van der Waals surface area contributed by atoms with E-state index in [0.29, 0.717) is 6.42 Å².